The van der Waals surface area contributed by atoms with Gasteiger partial charge in [0.2, 0.25) is 0 Å². The van der Waals surface area contributed by atoms with Gasteiger partial charge in [0, 0.05) is 6.42 Å². The Bertz CT molecular complexity index is 208. The molecule has 0 rings (SSSR count). The van der Waals surface area contributed by atoms with E-state index in [9.17, 15) is 9.90 Å². The molecular formula is C10H18O2. The van der Waals surface area contributed by atoms with E-state index in [-0.39, 0.29) is 5.78 Å². The van der Waals surface area contributed by atoms with Crippen molar-refractivity contribution in [1.29, 1.82) is 0 Å². The molecule has 0 radical (unpaired) electrons. The van der Waals surface area contributed by atoms with Gasteiger partial charge in [-0.1, -0.05) is 11.1 Å². The Kier molecular flexibility index (Phi) is 3.65. The van der Waals surface area contributed by atoms with Crippen molar-refractivity contribution in [2.75, 3.05) is 0 Å². The fraction of sp³-hybridized carbons (Fsp3) is 0.700. The normalized spacial score (nSPS) is 15.2. The van der Waals surface area contributed by atoms with Gasteiger partial charge in [-0.05, 0) is 34.6 Å². The zero-order valence-corrected chi connectivity index (χ0v) is 8.56. The van der Waals surface area contributed by atoms with Gasteiger partial charge in [-0.25, -0.2) is 0 Å². The molecule has 1 N–H and O–H groups in total. The van der Waals surface area contributed by atoms with Crippen molar-refractivity contribution in [1.82, 2.24) is 0 Å². The number of Topliss-reactive ketones (excluding diaryl/α,β-unsaturated/α-hetero) is 1. The van der Waals surface area contributed by atoms with Crippen LogP contribution in [-0.2, 0) is 4.79 Å². The lowest BCUT2D eigenvalue weighted by Gasteiger charge is -2.20. The predicted octanol–water partition coefficient (Wildman–Crippen LogP) is 2.07. The zero-order valence-electron chi connectivity index (χ0n) is 8.56. The Labute approximate surface area is 74.3 Å². The average molecular weight is 170 g/mol. The number of allylic oxidation sites excluding steroid dienone is 1. The van der Waals surface area contributed by atoms with Crippen molar-refractivity contribution in [3.63, 3.8) is 0 Å². The van der Waals surface area contributed by atoms with Crippen LogP contribution in [0, 0.1) is 0 Å². The number of rotatable bonds is 3. The van der Waals surface area contributed by atoms with Crippen molar-refractivity contribution < 1.29 is 9.90 Å². The molecule has 2 heteroatoms. The summed E-state index contributed by atoms with van der Waals surface area (Å²) in [5, 5.41) is 9.63. The molecule has 0 aliphatic rings. The zero-order chi connectivity index (χ0) is 9.94. The predicted molar refractivity (Wildman–Crippen MR) is 50.0 cm³/mol. The maximum atomic E-state index is 11.0. The molecule has 0 aromatic rings. The Morgan fingerprint density at radius 1 is 1.25 bits per heavy atom. The summed E-state index contributed by atoms with van der Waals surface area (Å²) in [6.07, 6.45) is 0.435. The number of carbonyl (C=O) groups excluding carboxylic acids is 1. The van der Waals surface area contributed by atoms with Crippen LogP contribution in [0.15, 0.2) is 11.1 Å². The lowest BCUT2D eigenvalue weighted by atomic mass is 9.92. The van der Waals surface area contributed by atoms with Gasteiger partial charge in [-0.2, -0.15) is 0 Å². The first-order valence-corrected chi connectivity index (χ1v) is 4.13. The first-order chi connectivity index (χ1) is 5.27. The van der Waals surface area contributed by atoms with E-state index in [1.807, 2.05) is 20.8 Å². The Balaban J connectivity index is 4.46. The van der Waals surface area contributed by atoms with Crippen LogP contribution < -0.4 is 0 Å². The molecule has 0 aliphatic heterocycles. The molecule has 70 valence electrons. The molecule has 0 heterocycles. The van der Waals surface area contributed by atoms with Crippen LogP contribution in [0.4, 0.5) is 0 Å². The van der Waals surface area contributed by atoms with E-state index in [4.69, 9.17) is 0 Å². The van der Waals surface area contributed by atoms with Crippen LogP contribution in [0.3, 0.4) is 0 Å². The second-order valence-electron chi connectivity index (χ2n) is 3.79. The first-order valence-electron chi connectivity index (χ1n) is 4.13. The highest BCUT2D eigenvalue weighted by Crippen LogP contribution is 2.19. The summed E-state index contributed by atoms with van der Waals surface area (Å²) in [7, 11) is 0. The minimum absolute atomic E-state index is 0.178. The van der Waals surface area contributed by atoms with Crippen molar-refractivity contribution in [2.24, 2.45) is 0 Å². The van der Waals surface area contributed by atoms with E-state index in [1.165, 1.54) is 6.92 Å². The standard InChI is InChI=1S/C10H18O2/c1-7(2)8(3)6-10(5,12)9(4)11/h12H,6H2,1-5H3. The number of hydrogen-bond acceptors (Lipinski definition) is 2. The molecule has 0 fully saturated rings. The van der Waals surface area contributed by atoms with E-state index in [0.717, 1.165) is 11.1 Å². The van der Waals surface area contributed by atoms with Crippen LogP contribution in [0.1, 0.15) is 41.0 Å². The summed E-state index contributed by atoms with van der Waals surface area (Å²) >= 11 is 0. The molecule has 0 saturated carbocycles. The topological polar surface area (TPSA) is 37.3 Å². The van der Waals surface area contributed by atoms with Gasteiger partial charge in [0.05, 0.1) is 0 Å². The van der Waals surface area contributed by atoms with E-state index in [0.29, 0.717) is 6.42 Å². The van der Waals surface area contributed by atoms with Crippen LogP contribution in [0.2, 0.25) is 0 Å². The van der Waals surface area contributed by atoms with Crippen molar-refractivity contribution in [2.45, 2.75) is 46.6 Å². The summed E-state index contributed by atoms with van der Waals surface area (Å²) in [5.41, 5.74) is 1.05. The molecule has 0 aromatic heterocycles. The third-order valence-corrected chi connectivity index (χ3v) is 2.22. The SMILES string of the molecule is CC(=O)C(C)(O)CC(C)=C(C)C. The van der Waals surface area contributed by atoms with Crippen LogP contribution in [0.25, 0.3) is 0 Å². The molecule has 0 aromatic carbocycles. The largest absolute Gasteiger partial charge is 0.382 e. The first kappa shape index (κ1) is 11.4. The molecule has 2 nitrogen and oxygen atoms in total. The van der Waals surface area contributed by atoms with Gasteiger partial charge in [0.25, 0.3) is 0 Å². The molecular weight excluding hydrogens is 152 g/mol. The summed E-state index contributed by atoms with van der Waals surface area (Å²) in [5.74, 6) is -0.178. The monoisotopic (exact) mass is 170 g/mol. The van der Waals surface area contributed by atoms with E-state index >= 15 is 0 Å². The third-order valence-electron chi connectivity index (χ3n) is 2.22. The molecule has 1 unspecified atom stereocenters. The molecule has 0 spiro atoms. The average Bonchev–Trinajstić information content (AvgIpc) is 1.85. The fourth-order valence-corrected chi connectivity index (χ4v) is 0.818. The maximum Gasteiger partial charge on any atom is 0.161 e. The maximum absolute atomic E-state index is 11.0. The quantitative estimate of drug-likeness (QED) is 0.658. The van der Waals surface area contributed by atoms with Gasteiger partial charge in [0.1, 0.15) is 5.60 Å². The highest BCUT2D eigenvalue weighted by molar-refractivity contribution is 5.84. The second kappa shape index (κ2) is 3.85. The van der Waals surface area contributed by atoms with Gasteiger partial charge in [0.15, 0.2) is 5.78 Å². The Morgan fingerprint density at radius 3 is 1.92 bits per heavy atom. The number of ketones is 1. The summed E-state index contributed by atoms with van der Waals surface area (Å²) in [6.45, 7) is 8.86. The Morgan fingerprint density at radius 2 is 1.67 bits per heavy atom. The van der Waals surface area contributed by atoms with Crippen molar-refractivity contribution >= 4 is 5.78 Å². The van der Waals surface area contributed by atoms with Crippen LogP contribution in [0.5, 0.6) is 0 Å². The van der Waals surface area contributed by atoms with Gasteiger partial charge < -0.3 is 5.11 Å². The molecule has 12 heavy (non-hydrogen) atoms. The highest BCUT2D eigenvalue weighted by Gasteiger charge is 2.26. The van der Waals surface area contributed by atoms with Crippen molar-refractivity contribution in [3.8, 4) is 0 Å². The van der Waals surface area contributed by atoms with Crippen LogP contribution in [-0.4, -0.2) is 16.5 Å². The van der Waals surface area contributed by atoms with E-state index < -0.39 is 5.60 Å². The van der Waals surface area contributed by atoms with Gasteiger partial charge >= 0.3 is 0 Å². The van der Waals surface area contributed by atoms with Crippen LogP contribution >= 0.6 is 0 Å². The minimum atomic E-state index is -1.19. The highest BCUT2D eigenvalue weighted by atomic mass is 16.3. The van der Waals surface area contributed by atoms with Gasteiger partial charge in [-0.15, -0.1) is 0 Å². The molecule has 0 amide bonds. The van der Waals surface area contributed by atoms with Gasteiger partial charge in [-0.3, -0.25) is 4.79 Å². The number of carbonyl (C=O) groups is 1. The lowest BCUT2D eigenvalue weighted by molar-refractivity contribution is -0.133. The minimum Gasteiger partial charge on any atom is -0.382 e. The lowest BCUT2D eigenvalue weighted by Crippen LogP contribution is -2.33. The molecule has 1 atom stereocenters. The summed E-state index contributed by atoms with van der Waals surface area (Å²) in [4.78, 5) is 11.0. The molecule has 0 aliphatic carbocycles. The third kappa shape index (κ3) is 3.18. The fourth-order valence-electron chi connectivity index (χ4n) is 0.818. The second-order valence-corrected chi connectivity index (χ2v) is 3.79. The van der Waals surface area contributed by atoms with E-state index in [1.54, 1.807) is 6.92 Å². The Hall–Kier alpha value is -0.630. The van der Waals surface area contributed by atoms with E-state index in [2.05, 4.69) is 0 Å². The van der Waals surface area contributed by atoms with Crippen molar-refractivity contribution in [3.05, 3.63) is 11.1 Å². The molecule has 0 saturated heterocycles. The molecule has 0 bridgehead atoms. The summed E-state index contributed by atoms with van der Waals surface area (Å²) in [6, 6.07) is 0. The smallest absolute Gasteiger partial charge is 0.161 e. The number of aliphatic hydroxyl groups is 1. The summed E-state index contributed by atoms with van der Waals surface area (Å²) < 4.78 is 0. The number of hydrogen-bond donors (Lipinski definition) is 1.